The van der Waals surface area contributed by atoms with Crippen LogP contribution >= 0.6 is 0 Å². The van der Waals surface area contributed by atoms with Crippen LogP contribution in [0.2, 0.25) is 13.1 Å². The van der Waals surface area contributed by atoms with Crippen molar-refractivity contribution in [2.75, 3.05) is 0 Å². The van der Waals surface area contributed by atoms with Crippen molar-refractivity contribution in [3.05, 3.63) is 181 Å². The summed E-state index contributed by atoms with van der Waals surface area (Å²) in [5.74, 6) is 0. The topological polar surface area (TPSA) is 0 Å². The van der Waals surface area contributed by atoms with Gasteiger partial charge in [-0.05, 0) is 33.1 Å². The first-order chi connectivity index (χ1) is 25.5. The molecule has 0 amide bonds. The molecule has 0 aliphatic rings. The largest absolute Gasteiger partial charge is 2.00 e. The van der Waals surface area contributed by atoms with E-state index in [1.807, 2.05) is 0 Å². The smallest absolute Gasteiger partial charge is 0.144 e. The average molecular weight is 796 g/mol. The van der Waals surface area contributed by atoms with Gasteiger partial charge in [-0.1, -0.05) is 210 Å². The fourth-order valence-corrected chi connectivity index (χ4v) is 7.28. The molecule has 0 spiro atoms. The van der Waals surface area contributed by atoms with Gasteiger partial charge >= 0.3 is 26.2 Å². The second-order valence-electron chi connectivity index (χ2n) is 15.9. The second kappa shape index (κ2) is 17.9. The van der Waals surface area contributed by atoms with Crippen LogP contribution in [0.25, 0.3) is 66.1 Å². The van der Waals surface area contributed by atoms with Crippen molar-refractivity contribution in [3.8, 4) is 44.5 Å². The molecule has 8 aromatic carbocycles. The summed E-state index contributed by atoms with van der Waals surface area (Å²) < 4.78 is 0. The Morgan fingerprint density at radius 2 is 0.704 bits per heavy atom. The molecule has 0 aliphatic carbocycles. The molecule has 0 heterocycles. The maximum atomic E-state index is 2.33. The maximum Gasteiger partial charge on any atom is 2.00 e. The first kappa shape index (κ1) is 40.8. The molecule has 2 heteroatoms. The summed E-state index contributed by atoms with van der Waals surface area (Å²) in [6.45, 7) is 18.0. The average Bonchev–Trinajstić information content (AvgIpc) is 3.81. The van der Waals surface area contributed by atoms with Gasteiger partial charge in [-0.2, -0.15) is 0 Å². The van der Waals surface area contributed by atoms with E-state index in [2.05, 4.69) is 224 Å². The van der Waals surface area contributed by atoms with E-state index in [4.69, 9.17) is 0 Å². The minimum absolute atomic E-state index is 0. The molecule has 0 atom stereocenters. The number of benzene rings is 6. The van der Waals surface area contributed by atoms with Crippen LogP contribution in [0, 0.1) is 0 Å². The van der Waals surface area contributed by atoms with Gasteiger partial charge in [-0.15, -0.1) is 69.1 Å². The van der Waals surface area contributed by atoms with Crippen molar-refractivity contribution in [1.29, 1.82) is 0 Å². The predicted molar refractivity (Wildman–Crippen MR) is 236 cm³/mol. The summed E-state index contributed by atoms with van der Waals surface area (Å²) in [6, 6.07) is 61.4. The zero-order chi connectivity index (χ0) is 37.6. The molecule has 0 N–H and O–H groups in total. The first-order valence-electron chi connectivity index (χ1n) is 18.8. The number of hydrogen-bond donors (Lipinski definition) is 0. The minimum atomic E-state index is 0. The molecule has 0 aliphatic heterocycles. The molecule has 54 heavy (non-hydrogen) atoms. The van der Waals surface area contributed by atoms with Gasteiger partial charge in [0.25, 0.3) is 0 Å². The van der Waals surface area contributed by atoms with E-state index in [-0.39, 0.29) is 37.0 Å². The fourth-order valence-electron chi connectivity index (χ4n) is 7.28. The standard InChI is InChI=1S/2C25H23.C2H6Si.Zr/c2*1-25(2,3)24-15-8-7-13-22(24)21-14-9-12-19-16-20(17-23(19)21)18-10-5-4-6-11-18;1-3-2;/h2*4-17H,1-3H3;1-2H3;/q2*-1;;+2. The normalized spacial score (nSPS) is 11.3. The van der Waals surface area contributed by atoms with Crippen LogP contribution in [0.3, 0.4) is 0 Å². The van der Waals surface area contributed by atoms with E-state index in [9.17, 15) is 0 Å². The van der Waals surface area contributed by atoms with Crippen LogP contribution in [0.4, 0.5) is 0 Å². The Bertz CT molecular complexity index is 2220. The first-order valence-corrected chi connectivity index (χ1v) is 20.8. The zero-order valence-corrected chi connectivity index (χ0v) is 36.6. The molecular formula is C52H52SiZr. The van der Waals surface area contributed by atoms with Gasteiger partial charge < -0.3 is 0 Å². The molecule has 0 aromatic heterocycles. The van der Waals surface area contributed by atoms with Gasteiger partial charge in [0.2, 0.25) is 0 Å². The van der Waals surface area contributed by atoms with Gasteiger partial charge in [-0.25, -0.2) is 0 Å². The molecular weight excluding hydrogens is 744 g/mol. The van der Waals surface area contributed by atoms with Crippen molar-refractivity contribution in [2.24, 2.45) is 0 Å². The molecule has 0 saturated carbocycles. The Hall–Kier alpha value is -4.36. The second-order valence-corrected chi connectivity index (χ2v) is 16.9. The van der Waals surface area contributed by atoms with Crippen molar-refractivity contribution >= 4 is 31.1 Å². The maximum absolute atomic E-state index is 2.33. The van der Waals surface area contributed by atoms with Crippen LogP contribution < -0.4 is 0 Å². The Kier molecular flexibility index (Phi) is 13.5. The van der Waals surface area contributed by atoms with E-state index in [0.717, 1.165) is 9.52 Å². The van der Waals surface area contributed by atoms with Gasteiger partial charge in [0, 0.05) is 9.52 Å². The Labute approximate surface area is 346 Å². The van der Waals surface area contributed by atoms with E-state index >= 15 is 0 Å². The van der Waals surface area contributed by atoms with Crippen molar-refractivity contribution < 1.29 is 26.2 Å². The predicted octanol–water partition coefficient (Wildman–Crippen LogP) is 15.2. The van der Waals surface area contributed by atoms with Crippen molar-refractivity contribution in [1.82, 2.24) is 0 Å². The van der Waals surface area contributed by atoms with Gasteiger partial charge in [0.15, 0.2) is 0 Å². The summed E-state index contributed by atoms with van der Waals surface area (Å²) in [7, 11) is 1.08. The van der Waals surface area contributed by atoms with Crippen LogP contribution in [0.5, 0.6) is 0 Å². The summed E-state index contributed by atoms with van der Waals surface area (Å²) in [5.41, 5.74) is 13.5. The molecule has 8 rings (SSSR count). The number of rotatable bonds is 4. The molecule has 268 valence electrons. The van der Waals surface area contributed by atoms with E-state index in [1.54, 1.807) is 0 Å². The molecule has 0 unspecified atom stereocenters. The van der Waals surface area contributed by atoms with Crippen LogP contribution in [0.15, 0.2) is 170 Å². The van der Waals surface area contributed by atoms with Crippen LogP contribution in [0.1, 0.15) is 52.7 Å². The summed E-state index contributed by atoms with van der Waals surface area (Å²) in [4.78, 5) is 0. The van der Waals surface area contributed by atoms with Crippen molar-refractivity contribution in [3.63, 3.8) is 0 Å². The monoisotopic (exact) mass is 794 g/mol. The molecule has 0 saturated heterocycles. The van der Waals surface area contributed by atoms with Gasteiger partial charge in [0.1, 0.15) is 0 Å². The minimum Gasteiger partial charge on any atom is -0.144 e. The zero-order valence-electron chi connectivity index (χ0n) is 33.2. The number of hydrogen-bond acceptors (Lipinski definition) is 0. The van der Waals surface area contributed by atoms with Crippen LogP contribution in [-0.4, -0.2) is 9.52 Å². The Morgan fingerprint density at radius 3 is 1.06 bits per heavy atom. The fraction of sp³-hybridized carbons (Fsp3) is 0.192. The number of fused-ring (bicyclic) bond motifs is 2. The molecule has 2 radical (unpaired) electrons. The third kappa shape index (κ3) is 9.29. The van der Waals surface area contributed by atoms with E-state index in [1.165, 1.54) is 77.2 Å². The quantitative estimate of drug-likeness (QED) is 0.123. The van der Waals surface area contributed by atoms with E-state index in [0.29, 0.717) is 0 Å². The third-order valence-corrected chi connectivity index (χ3v) is 9.77. The summed E-state index contributed by atoms with van der Waals surface area (Å²) in [5, 5.41) is 5.27. The Balaban J connectivity index is 0.000000190. The molecule has 0 bridgehead atoms. The molecule has 0 fully saturated rings. The molecule has 8 aromatic rings. The Morgan fingerprint density at radius 1 is 0.389 bits per heavy atom. The van der Waals surface area contributed by atoms with Crippen LogP contribution in [-0.2, 0) is 37.0 Å². The third-order valence-electron chi connectivity index (χ3n) is 9.77. The summed E-state index contributed by atoms with van der Waals surface area (Å²) >= 11 is 0. The SMILES string of the molecule is CC(C)(C)c1ccccc1-c1cccc2[cH-]c(-c3ccccc3)cc12.CC(C)(C)c1ccccc1-c1cccc2[cH-]c(-c3ccccc3)cc12.C[Si]C.[Zr+2]. The van der Waals surface area contributed by atoms with Gasteiger partial charge in [0.05, 0.1) is 0 Å². The van der Waals surface area contributed by atoms with Crippen molar-refractivity contribution in [2.45, 2.75) is 65.5 Å². The molecule has 0 nitrogen and oxygen atoms in total. The summed E-state index contributed by atoms with van der Waals surface area (Å²) in [6.07, 6.45) is 0. The van der Waals surface area contributed by atoms with E-state index < -0.39 is 0 Å². The van der Waals surface area contributed by atoms with Gasteiger partial charge in [-0.3, -0.25) is 0 Å².